The van der Waals surface area contributed by atoms with E-state index in [0.29, 0.717) is 20.7 Å². The molecule has 2 heterocycles. The number of halogens is 2. The lowest BCUT2D eigenvalue weighted by Crippen LogP contribution is -2.12. The molecule has 1 amide bonds. The first-order chi connectivity index (χ1) is 9.13. The summed E-state index contributed by atoms with van der Waals surface area (Å²) in [7, 11) is 0. The Morgan fingerprint density at radius 3 is 3.00 bits per heavy atom. The number of carbonyl (C=O) groups is 1. The van der Waals surface area contributed by atoms with E-state index in [2.05, 4.69) is 15.4 Å². The Morgan fingerprint density at radius 2 is 2.21 bits per heavy atom. The quantitative estimate of drug-likeness (QED) is 0.789. The summed E-state index contributed by atoms with van der Waals surface area (Å²) in [6, 6.07) is 4.85. The highest BCUT2D eigenvalue weighted by Crippen LogP contribution is 2.25. The summed E-state index contributed by atoms with van der Waals surface area (Å²) >= 11 is 13.2. The molecule has 0 aliphatic carbocycles. The average Bonchev–Trinajstić information content (AvgIpc) is 2.94. The maximum Gasteiger partial charge on any atom is 0.276 e. The molecule has 0 aliphatic rings. The molecule has 96 valence electrons. The first-order valence-electron chi connectivity index (χ1n) is 5.19. The molecule has 19 heavy (non-hydrogen) atoms. The molecular weight excluding hydrogens is 307 g/mol. The monoisotopic (exact) mass is 312 g/mol. The lowest BCUT2D eigenvalue weighted by Gasteiger charge is -2.05. The van der Waals surface area contributed by atoms with Gasteiger partial charge in [-0.25, -0.2) is 9.50 Å². The van der Waals surface area contributed by atoms with Crippen molar-refractivity contribution in [2.45, 2.75) is 0 Å². The Kier molecular flexibility index (Phi) is 3.14. The Hall–Kier alpha value is -1.63. The molecule has 3 aromatic rings. The number of nitrogens with zero attached hydrogens (tertiary/aromatic N) is 3. The first kappa shape index (κ1) is 12.4. The molecule has 0 unspecified atom stereocenters. The van der Waals surface area contributed by atoms with Crippen LogP contribution in [0.2, 0.25) is 10.0 Å². The molecule has 0 fully saturated rings. The summed E-state index contributed by atoms with van der Waals surface area (Å²) in [5.74, 6) is -0.359. The molecule has 5 nitrogen and oxygen atoms in total. The van der Waals surface area contributed by atoms with Crippen LogP contribution < -0.4 is 5.32 Å². The van der Waals surface area contributed by atoms with Crippen LogP contribution in [0.15, 0.2) is 29.9 Å². The number of hydrogen-bond acceptors (Lipinski definition) is 4. The van der Waals surface area contributed by atoms with Gasteiger partial charge in [0.05, 0.1) is 16.9 Å². The number of nitrogens with one attached hydrogen (secondary N) is 1. The van der Waals surface area contributed by atoms with Crippen molar-refractivity contribution in [1.82, 2.24) is 14.6 Å². The molecule has 0 radical (unpaired) electrons. The van der Waals surface area contributed by atoms with E-state index in [4.69, 9.17) is 23.2 Å². The minimum absolute atomic E-state index is 0.274. The first-order valence-corrected chi connectivity index (χ1v) is 6.82. The Bertz CT molecular complexity index is 738. The van der Waals surface area contributed by atoms with Crippen molar-refractivity contribution in [2.24, 2.45) is 0 Å². The Balaban J connectivity index is 1.88. The van der Waals surface area contributed by atoms with E-state index >= 15 is 0 Å². The summed E-state index contributed by atoms with van der Waals surface area (Å²) in [6.07, 6.45) is 1.56. The van der Waals surface area contributed by atoms with Gasteiger partial charge in [0.1, 0.15) is 11.2 Å². The third-order valence-corrected chi connectivity index (χ3v) is 3.65. The van der Waals surface area contributed by atoms with Crippen molar-refractivity contribution < 1.29 is 4.79 Å². The molecule has 0 spiro atoms. The number of benzene rings is 1. The SMILES string of the molecule is O=C(Nc1cc(Cl)ccc1Cl)c1cn2ncsc2n1. The van der Waals surface area contributed by atoms with Crippen molar-refractivity contribution in [3.05, 3.63) is 45.6 Å². The van der Waals surface area contributed by atoms with Gasteiger partial charge in [-0.15, -0.1) is 0 Å². The fourth-order valence-electron chi connectivity index (χ4n) is 1.53. The van der Waals surface area contributed by atoms with E-state index in [-0.39, 0.29) is 11.6 Å². The number of fused-ring (bicyclic) bond motifs is 1. The highest BCUT2D eigenvalue weighted by atomic mass is 35.5. The van der Waals surface area contributed by atoms with Crippen LogP contribution in [-0.4, -0.2) is 20.5 Å². The zero-order valence-corrected chi connectivity index (χ0v) is 11.6. The molecule has 1 aromatic carbocycles. The predicted octanol–water partition coefficient (Wildman–Crippen LogP) is 3.35. The summed E-state index contributed by atoms with van der Waals surface area (Å²) in [5.41, 5.74) is 2.37. The molecule has 0 bridgehead atoms. The van der Waals surface area contributed by atoms with Gasteiger partial charge in [-0.2, -0.15) is 5.10 Å². The number of rotatable bonds is 2. The second-order valence-electron chi connectivity index (χ2n) is 3.67. The Labute approximate surface area is 121 Å². The number of anilines is 1. The summed E-state index contributed by atoms with van der Waals surface area (Å²) in [4.78, 5) is 16.8. The zero-order chi connectivity index (χ0) is 13.4. The van der Waals surface area contributed by atoms with Crippen LogP contribution in [0.3, 0.4) is 0 Å². The summed E-state index contributed by atoms with van der Waals surface area (Å²) in [5, 5.41) is 7.58. The highest BCUT2D eigenvalue weighted by Gasteiger charge is 2.13. The number of hydrogen-bond donors (Lipinski definition) is 1. The molecule has 2 aromatic heterocycles. The molecule has 8 heteroatoms. The fourth-order valence-corrected chi connectivity index (χ4v) is 2.47. The van der Waals surface area contributed by atoms with Crippen molar-refractivity contribution in [1.29, 1.82) is 0 Å². The van der Waals surface area contributed by atoms with E-state index in [1.165, 1.54) is 11.3 Å². The molecule has 1 N–H and O–H groups in total. The van der Waals surface area contributed by atoms with Gasteiger partial charge in [-0.3, -0.25) is 4.79 Å². The largest absolute Gasteiger partial charge is 0.319 e. The van der Waals surface area contributed by atoms with Crippen molar-refractivity contribution in [3.63, 3.8) is 0 Å². The molecule has 0 saturated carbocycles. The van der Waals surface area contributed by atoms with Crippen LogP contribution in [-0.2, 0) is 0 Å². The number of amides is 1. The van der Waals surface area contributed by atoms with Gasteiger partial charge in [0.2, 0.25) is 4.96 Å². The lowest BCUT2D eigenvalue weighted by atomic mass is 10.3. The topological polar surface area (TPSA) is 59.3 Å². The molecule has 3 rings (SSSR count). The van der Waals surface area contributed by atoms with Crippen LogP contribution in [0.5, 0.6) is 0 Å². The average molecular weight is 313 g/mol. The summed E-state index contributed by atoms with van der Waals surface area (Å²) < 4.78 is 1.54. The van der Waals surface area contributed by atoms with Gasteiger partial charge in [0.25, 0.3) is 5.91 Å². The van der Waals surface area contributed by atoms with E-state index < -0.39 is 0 Å². The molecule has 0 atom stereocenters. The van der Waals surface area contributed by atoms with E-state index in [0.717, 1.165) is 0 Å². The Morgan fingerprint density at radius 1 is 1.37 bits per heavy atom. The second-order valence-corrected chi connectivity index (χ2v) is 5.33. The van der Waals surface area contributed by atoms with Crippen molar-refractivity contribution in [2.75, 3.05) is 5.32 Å². The third kappa shape index (κ3) is 2.42. The predicted molar refractivity (Wildman–Crippen MR) is 75.3 cm³/mol. The number of imidazole rings is 1. The smallest absolute Gasteiger partial charge is 0.276 e. The minimum atomic E-state index is -0.359. The zero-order valence-electron chi connectivity index (χ0n) is 9.30. The lowest BCUT2D eigenvalue weighted by molar-refractivity contribution is 0.102. The standard InChI is InChI=1S/C11H6Cl2N4OS/c12-6-1-2-7(13)8(3-6)15-10(18)9-4-17-11(16-9)19-5-14-17/h1-5H,(H,15,18). The maximum absolute atomic E-state index is 12.0. The van der Waals surface area contributed by atoms with Crippen LogP contribution >= 0.6 is 34.5 Å². The van der Waals surface area contributed by atoms with Crippen LogP contribution in [0, 0.1) is 0 Å². The van der Waals surface area contributed by atoms with Gasteiger partial charge in [0.15, 0.2) is 0 Å². The van der Waals surface area contributed by atoms with Crippen molar-refractivity contribution >= 4 is 51.1 Å². The fraction of sp³-hybridized carbons (Fsp3) is 0. The second kappa shape index (κ2) is 4.80. The van der Waals surface area contributed by atoms with E-state index in [1.54, 1.807) is 34.4 Å². The van der Waals surface area contributed by atoms with E-state index in [1.807, 2.05) is 0 Å². The van der Waals surface area contributed by atoms with Crippen LogP contribution in [0.4, 0.5) is 5.69 Å². The van der Waals surface area contributed by atoms with Gasteiger partial charge in [0, 0.05) is 5.02 Å². The number of aromatic nitrogens is 3. The third-order valence-electron chi connectivity index (χ3n) is 2.40. The maximum atomic E-state index is 12.0. The van der Waals surface area contributed by atoms with Gasteiger partial charge in [-0.05, 0) is 18.2 Å². The van der Waals surface area contributed by atoms with Crippen molar-refractivity contribution in [3.8, 4) is 0 Å². The normalized spacial score (nSPS) is 10.8. The van der Waals surface area contributed by atoms with Gasteiger partial charge >= 0.3 is 0 Å². The van der Waals surface area contributed by atoms with Gasteiger partial charge in [-0.1, -0.05) is 34.5 Å². The highest BCUT2D eigenvalue weighted by molar-refractivity contribution is 7.14. The summed E-state index contributed by atoms with van der Waals surface area (Å²) in [6.45, 7) is 0. The van der Waals surface area contributed by atoms with Crippen LogP contribution in [0.1, 0.15) is 10.5 Å². The molecule has 0 aliphatic heterocycles. The van der Waals surface area contributed by atoms with E-state index in [9.17, 15) is 4.79 Å². The minimum Gasteiger partial charge on any atom is -0.319 e. The van der Waals surface area contributed by atoms with Gasteiger partial charge < -0.3 is 5.32 Å². The molecule has 0 saturated heterocycles. The molecular formula is C11H6Cl2N4OS. The van der Waals surface area contributed by atoms with Crippen LogP contribution in [0.25, 0.3) is 4.96 Å². The number of carbonyl (C=O) groups excluding carboxylic acids is 1.